The number of imidazole rings is 1. The van der Waals surface area contributed by atoms with Gasteiger partial charge in [-0.05, 0) is 45.6 Å². The molecule has 0 aliphatic heterocycles. The van der Waals surface area contributed by atoms with Gasteiger partial charge in [0.05, 0.1) is 17.4 Å². The van der Waals surface area contributed by atoms with Crippen LogP contribution in [-0.4, -0.2) is 16.2 Å². The second kappa shape index (κ2) is 6.76. The van der Waals surface area contributed by atoms with Crippen LogP contribution >= 0.6 is 15.9 Å². The lowest BCUT2D eigenvalue weighted by molar-refractivity contribution is 0.302. The van der Waals surface area contributed by atoms with E-state index < -0.39 is 0 Å². The molecule has 0 aliphatic carbocycles. The number of nitrogens with zero attached hydrogens (tertiary/aromatic N) is 2. The van der Waals surface area contributed by atoms with Crippen molar-refractivity contribution in [1.29, 1.82) is 0 Å². The Balaban J connectivity index is 1.54. The highest BCUT2D eigenvalue weighted by Gasteiger charge is 2.05. The summed E-state index contributed by atoms with van der Waals surface area (Å²) in [5.74, 6) is 0.913. The fourth-order valence-electron chi connectivity index (χ4n) is 2.32. The zero-order valence-corrected chi connectivity index (χ0v) is 13.3. The maximum atomic E-state index is 5.89. The van der Waals surface area contributed by atoms with Crippen molar-refractivity contribution in [2.45, 2.75) is 19.4 Å². The molecule has 0 fully saturated rings. The van der Waals surface area contributed by atoms with E-state index in [4.69, 9.17) is 4.74 Å². The molecule has 3 aromatic rings. The summed E-state index contributed by atoms with van der Waals surface area (Å²) in [5, 5.41) is 2.41. The molecule has 108 valence electrons. The molecule has 0 saturated carbocycles. The molecule has 3 nitrogen and oxygen atoms in total. The first-order valence-corrected chi connectivity index (χ1v) is 7.90. The molecule has 1 heterocycles. The lowest BCUT2D eigenvalue weighted by atomic mass is 10.1. The highest BCUT2D eigenvalue weighted by Crippen LogP contribution is 2.33. The third kappa shape index (κ3) is 3.45. The number of ether oxygens (including phenoxy) is 1. The molecule has 0 aliphatic rings. The van der Waals surface area contributed by atoms with Gasteiger partial charge in [-0.3, -0.25) is 0 Å². The minimum Gasteiger partial charge on any atom is -0.492 e. The van der Waals surface area contributed by atoms with E-state index in [0.29, 0.717) is 0 Å². The first-order valence-electron chi connectivity index (χ1n) is 7.10. The number of aromatic nitrogens is 2. The van der Waals surface area contributed by atoms with E-state index in [1.54, 1.807) is 0 Å². The van der Waals surface area contributed by atoms with Gasteiger partial charge in [-0.15, -0.1) is 0 Å². The standard InChI is InChI=1S/C17H17BrN2O/c18-17-15-6-2-1-5-14(15)7-8-16(17)21-12-4-3-10-20-11-9-19-13-20/h1-2,5-9,11,13H,3-4,10,12H2. The van der Waals surface area contributed by atoms with Crippen LogP contribution in [0.1, 0.15) is 12.8 Å². The van der Waals surface area contributed by atoms with Crippen molar-refractivity contribution in [3.8, 4) is 5.75 Å². The second-order valence-electron chi connectivity index (χ2n) is 4.95. The summed E-state index contributed by atoms with van der Waals surface area (Å²) in [4.78, 5) is 4.03. The SMILES string of the molecule is Brc1c(OCCCCn2ccnc2)ccc2ccccc12. The summed E-state index contributed by atoms with van der Waals surface area (Å²) in [5.41, 5.74) is 0. The summed E-state index contributed by atoms with van der Waals surface area (Å²) in [6.07, 6.45) is 7.75. The Morgan fingerprint density at radius 1 is 1.10 bits per heavy atom. The van der Waals surface area contributed by atoms with Crippen molar-refractivity contribution in [3.05, 3.63) is 59.6 Å². The number of hydrogen-bond acceptors (Lipinski definition) is 2. The van der Waals surface area contributed by atoms with Gasteiger partial charge in [-0.1, -0.05) is 30.3 Å². The third-order valence-corrected chi connectivity index (χ3v) is 4.27. The lowest BCUT2D eigenvalue weighted by Gasteiger charge is -2.10. The van der Waals surface area contributed by atoms with Gasteiger partial charge in [-0.25, -0.2) is 4.98 Å². The summed E-state index contributed by atoms with van der Waals surface area (Å²) < 4.78 is 9.02. The molecule has 0 saturated heterocycles. The van der Waals surface area contributed by atoms with Gasteiger partial charge in [-0.2, -0.15) is 0 Å². The quantitative estimate of drug-likeness (QED) is 0.608. The van der Waals surface area contributed by atoms with Gasteiger partial charge in [0.2, 0.25) is 0 Å². The Kier molecular flexibility index (Phi) is 4.55. The Labute approximate surface area is 132 Å². The van der Waals surface area contributed by atoms with E-state index in [1.165, 1.54) is 10.8 Å². The fourth-order valence-corrected chi connectivity index (χ4v) is 2.93. The van der Waals surface area contributed by atoms with E-state index in [2.05, 4.69) is 43.7 Å². The largest absolute Gasteiger partial charge is 0.492 e. The minimum absolute atomic E-state index is 0.728. The summed E-state index contributed by atoms with van der Waals surface area (Å²) >= 11 is 3.65. The topological polar surface area (TPSA) is 27.1 Å². The second-order valence-corrected chi connectivity index (χ2v) is 5.75. The molecule has 4 heteroatoms. The molecular formula is C17H17BrN2O. The Hall–Kier alpha value is -1.81. The Morgan fingerprint density at radius 3 is 2.86 bits per heavy atom. The first kappa shape index (κ1) is 14.1. The van der Waals surface area contributed by atoms with Crippen LogP contribution in [0.25, 0.3) is 10.8 Å². The summed E-state index contributed by atoms with van der Waals surface area (Å²) in [6.45, 7) is 1.72. The molecule has 0 spiro atoms. The van der Waals surface area contributed by atoms with Gasteiger partial charge in [0, 0.05) is 18.9 Å². The normalized spacial score (nSPS) is 10.9. The van der Waals surface area contributed by atoms with Crippen LogP contribution in [0.3, 0.4) is 0 Å². The predicted octanol–water partition coefficient (Wildman–Crippen LogP) is 4.66. The van der Waals surface area contributed by atoms with Crippen LogP contribution in [0.5, 0.6) is 5.75 Å². The first-order chi connectivity index (χ1) is 10.3. The van der Waals surface area contributed by atoms with E-state index in [-0.39, 0.29) is 0 Å². The Bertz CT molecular complexity index is 710. The minimum atomic E-state index is 0.728. The van der Waals surface area contributed by atoms with Crippen molar-refractivity contribution in [3.63, 3.8) is 0 Å². The van der Waals surface area contributed by atoms with Gasteiger partial charge in [0.1, 0.15) is 5.75 Å². The van der Waals surface area contributed by atoms with Crippen molar-refractivity contribution in [2.24, 2.45) is 0 Å². The van der Waals surface area contributed by atoms with E-state index >= 15 is 0 Å². The number of unbranched alkanes of at least 4 members (excludes halogenated alkanes) is 1. The number of halogens is 1. The van der Waals surface area contributed by atoms with Crippen molar-refractivity contribution < 1.29 is 4.74 Å². The number of aryl methyl sites for hydroxylation is 1. The molecule has 21 heavy (non-hydrogen) atoms. The average Bonchev–Trinajstić information content (AvgIpc) is 3.03. The van der Waals surface area contributed by atoms with Crippen LogP contribution in [0.2, 0.25) is 0 Å². The van der Waals surface area contributed by atoms with E-state index in [1.807, 2.05) is 36.9 Å². The third-order valence-electron chi connectivity index (χ3n) is 3.46. The summed E-state index contributed by atoms with van der Waals surface area (Å²) in [7, 11) is 0. The molecule has 1 aromatic heterocycles. The van der Waals surface area contributed by atoms with E-state index in [0.717, 1.165) is 36.2 Å². The zero-order valence-electron chi connectivity index (χ0n) is 11.7. The highest BCUT2D eigenvalue weighted by molar-refractivity contribution is 9.10. The molecule has 2 aromatic carbocycles. The van der Waals surface area contributed by atoms with Crippen LogP contribution in [0.4, 0.5) is 0 Å². The lowest BCUT2D eigenvalue weighted by Crippen LogP contribution is -2.01. The smallest absolute Gasteiger partial charge is 0.134 e. The van der Waals surface area contributed by atoms with Crippen LogP contribution in [0.15, 0.2) is 59.6 Å². The number of fused-ring (bicyclic) bond motifs is 1. The Morgan fingerprint density at radius 2 is 2.00 bits per heavy atom. The molecular weight excluding hydrogens is 328 g/mol. The van der Waals surface area contributed by atoms with E-state index in [9.17, 15) is 0 Å². The van der Waals surface area contributed by atoms with Gasteiger partial charge in [0.15, 0.2) is 0 Å². The number of benzene rings is 2. The zero-order chi connectivity index (χ0) is 14.5. The molecule has 0 radical (unpaired) electrons. The van der Waals surface area contributed by atoms with Crippen LogP contribution in [-0.2, 0) is 6.54 Å². The maximum Gasteiger partial charge on any atom is 0.134 e. The summed E-state index contributed by atoms with van der Waals surface area (Å²) in [6, 6.07) is 12.4. The fraction of sp³-hybridized carbons (Fsp3) is 0.235. The van der Waals surface area contributed by atoms with Crippen LogP contribution < -0.4 is 4.74 Å². The molecule has 0 atom stereocenters. The van der Waals surface area contributed by atoms with Gasteiger partial charge in [0.25, 0.3) is 0 Å². The maximum absolute atomic E-state index is 5.89. The predicted molar refractivity (Wildman–Crippen MR) is 88.6 cm³/mol. The molecule has 3 rings (SSSR count). The highest BCUT2D eigenvalue weighted by atomic mass is 79.9. The van der Waals surface area contributed by atoms with Crippen molar-refractivity contribution in [2.75, 3.05) is 6.61 Å². The van der Waals surface area contributed by atoms with Crippen molar-refractivity contribution in [1.82, 2.24) is 9.55 Å². The molecule has 0 N–H and O–H groups in total. The molecule has 0 amide bonds. The molecule has 0 bridgehead atoms. The number of hydrogen-bond donors (Lipinski definition) is 0. The van der Waals surface area contributed by atoms with Gasteiger partial charge >= 0.3 is 0 Å². The van der Waals surface area contributed by atoms with Crippen molar-refractivity contribution >= 4 is 26.7 Å². The number of rotatable bonds is 6. The molecule has 0 unspecified atom stereocenters. The monoisotopic (exact) mass is 344 g/mol. The average molecular weight is 345 g/mol. The van der Waals surface area contributed by atoms with Gasteiger partial charge < -0.3 is 9.30 Å². The van der Waals surface area contributed by atoms with Crippen LogP contribution in [0, 0.1) is 0 Å².